The minimum absolute atomic E-state index is 0.0963. The van der Waals surface area contributed by atoms with Gasteiger partial charge in [-0.05, 0) is 19.1 Å². The van der Waals surface area contributed by atoms with Crippen LogP contribution in [-0.4, -0.2) is 16.9 Å². The van der Waals surface area contributed by atoms with E-state index in [1.165, 1.54) is 11.8 Å². The molecular weight excluding hydrogens is 256 g/mol. The minimum atomic E-state index is -0.195. The van der Waals surface area contributed by atoms with Crippen LogP contribution in [0.1, 0.15) is 13.3 Å². The van der Waals surface area contributed by atoms with Crippen molar-refractivity contribution in [2.45, 2.75) is 18.6 Å². The van der Waals surface area contributed by atoms with Gasteiger partial charge in [0.1, 0.15) is 0 Å². The highest BCUT2D eigenvalue weighted by molar-refractivity contribution is 8.00. The molecule has 1 aromatic carbocycles. The molecule has 1 N–H and O–H groups in total. The van der Waals surface area contributed by atoms with Gasteiger partial charge in [-0.3, -0.25) is 4.79 Å². The van der Waals surface area contributed by atoms with Crippen LogP contribution in [0.4, 0.5) is 5.69 Å². The number of benzene rings is 1. The maximum absolute atomic E-state index is 11.8. The Hall–Kier alpha value is -1.18. The van der Waals surface area contributed by atoms with Gasteiger partial charge >= 0.3 is 0 Å². The highest BCUT2D eigenvalue weighted by atomic mass is 35.5. The molecule has 1 unspecified atom stereocenters. The van der Waals surface area contributed by atoms with Crippen LogP contribution in [0.2, 0.25) is 5.02 Å². The summed E-state index contributed by atoms with van der Waals surface area (Å²) in [6.45, 7) is 1.81. The van der Waals surface area contributed by atoms with Gasteiger partial charge in [-0.15, -0.1) is 11.8 Å². The predicted octanol–water partition coefficient (Wildman–Crippen LogP) is 3.31. The van der Waals surface area contributed by atoms with Gasteiger partial charge in [0.15, 0.2) is 0 Å². The molecule has 0 saturated heterocycles. The molecule has 0 saturated carbocycles. The van der Waals surface area contributed by atoms with Crippen LogP contribution >= 0.6 is 23.4 Å². The Morgan fingerprint density at radius 3 is 2.94 bits per heavy atom. The first-order valence-corrected chi connectivity index (χ1v) is 6.61. The van der Waals surface area contributed by atoms with Crippen molar-refractivity contribution < 1.29 is 4.79 Å². The van der Waals surface area contributed by atoms with Crippen LogP contribution in [0.5, 0.6) is 0 Å². The Morgan fingerprint density at radius 1 is 1.59 bits per heavy atom. The van der Waals surface area contributed by atoms with Gasteiger partial charge in [-0.1, -0.05) is 23.7 Å². The number of hydrogen-bond donors (Lipinski definition) is 1. The summed E-state index contributed by atoms with van der Waals surface area (Å²) in [5, 5.41) is 11.5. The van der Waals surface area contributed by atoms with E-state index in [1.807, 2.05) is 25.1 Å². The lowest BCUT2D eigenvalue weighted by atomic mass is 10.3. The normalized spacial score (nSPS) is 11.6. The Balaban J connectivity index is 2.49. The summed E-state index contributed by atoms with van der Waals surface area (Å²) in [5.74, 6) is 0.564. The van der Waals surface area contributed by atoms with Crippen LogP contribution in [0.25, 0.3) is 0 Å². The lowest BCUT2D eigenvalue weighted by Crippen LogP contribution is -2.22. The molecule has 90 valence electrons. The number of nitriles is 1. The number of carbonyl (C=O) groups is 1. The predicted molar refractivity (Wildman–Crippen MR) is 72.2 cm³/mol. The molecule has 0 aliphatic rings. The average molecular weight is 269 g/mol. The molecule has 0 aromatic heterocycles. The minimum Gasteiger partial charge on any atom is -0.324 e. The SMILES string of the molecule is CC(SCCC#N)C(=O)Nc1ccccc1Cl. The van der Waals surface area contributed by atoms with Crippen molar-refractivity contribution in [1.29, 1.82) is 5.26 Å². The number of nitrogens with zero attached hydrogens (tertiary/aromatic N) is 1. The molecule has 0 aliphatic carbocycles. The third kappa shape index (κ3) is 4.68. The summed E-state index contributed by atoms with van der Waals surface area (Å²) in [5.41, 5.74) is 0.617. The standard InChI is InChI=1S/C12H13ClN2OS/c1-9(17-8-4-7-14)12(16)15-11-6-3-2-5-10(11)13/h2-3,5-6,9H,4,8H2,1H3,(H,15,16). The second kappa shape index (κ2) is 7.21. The van der Waals surface area contributed by atoms with E-state index >= 15 is 0 Å². The maximum atomic E-state index is 11.8. The number of nitrogens with one attached hydrogen (secondary N) is 1. The molecule has 0 fully saturated rings. The lowest BCUT2D eigenvalue weighted by Gasteiger charge is -2.11. The summed E-state index contributed by atoms with van der Waals surface area (Å²) in [6, 6.07) is 9.15. The number of rotatable bonds is 5. The van der Waals surface area contributed by atoms with Crippen molar-refractivity contribution in [1.82, 2.24) is 0 Å². The van der Waals surface area contributed by atoms with Gasteiger partial charge in [-0.2, -0.15) is 5.26 Å². The van der Waals surface area contributed by atoms with E-state index < -0.39 is 0 Å². The molecule has 0 radical (unpaired) electrons. The van der Waals surface area contributed by atoms with Gasteiger partial charge in [0.2, 0.25) is 5.91 Å². The zero-order chi connectivity index (χ0) is 12.7. The van der Waals surface area contributed by atoms with Crippen LogP contribution in [0.15, 0.2) is 24.3 Å². The van der Waals surface area contributed by atoms with E-state index in [-0.39, 0.29) is 11.2 Å². The van der Waals surface area contributed by atoms with Gasteiger partial charge in [-0.25, -0.2) is 0 Å². The fraction of sp³-hybridized carbons (Fsp3) is 0.333. The number of para-hydroxylation sites is 1. The third-order valence-electron chi connectivity index (χ3n) is 2.08. The first-order chi connectivity index (χ1) is 8.15. The van der Waals surface area contributed by atoms with Crippen molar-refractivity contribution in [2.75, 3.05) is 11.1 Å². The summed E-state index contributed by atoms with van der Waals surface area (Å²) in [6.07, 6.45) is 0.453. The van der Waals surface area contributed by atoms with E-state index in [4.69, 9.17) is 16.9 Å². The maximum Gasteiger partial charge on any atom is 0.237 e. The molecule has 1 aromatic rings. The molecule has 3 nitrogen and oxygen atoms in total. The number of anilines is 1. The molecule has 0 bridgehead atoms. The second-order valence-corrected chi connectivity index (χ2v) is 5.25. The molecule has 1 atom stereocenters. The largest absolute Gasteiger partial charge is 0.324 e. The monoisotopic (exact) mass is 268 g/mol. The molecule has 0 aliphatic heterocycles. The summed E-state index contributed by atoms with van der Waals surface area (Å²) >= 11 is 7.39. The molecule has 1 amide bonds. The summed E-state index contributed by atoms with van der Waals surface area (Å²) in [7, 11) is 0. The Bertz CT molecular complexity index is 431. The van der Waals surface area contributed by atoms with Gasteiger partial charge in [0, 0.05) is 12.2 Å². The van der Waals surface area contributed by atoms with Gasteiger partial charge in [0.05, 0.1) is 22.0 Å². The van der Waals surface area contributed by atoms with E-state index in [0.717, 1.165) is 0 Å². The van der Waals surface area contributed by atoms with E-state index in [1.54, 1.807) is 12.1 Å². The van der Waals surface area contributed by atoms with Crippen molar-refractivity contribution in [3.8, 4) is 6.07 Å². The Kier molecular flexibility index (Phi) is 5.88. The molecule has 1 rings (SSSR count). The van der Waals surface area contributed by atoms with E-state index in [2.05, 4.69) is 5.32 Å². The highest BCUT2D eigenvalue weighted by Crippen LogP contribution is 2.22. The zero-order valence-electron chi connectivity index (χ0n) is 9.44. The van der Waals surface area contributed by atoms with Crippen molar-refractivity contribution in [3.05, 3.63) is 29.3 Å². The molecule has 5 heteroatoms. The van der Waals surface area contributed by atoms with Crippen molar-refractivity contribution in [2.24, 2.45) is 0 Å². The average Bonchev–Trinajstić information content (AvgIpc) is 2.32. The fourth-order valence-corrected chi connectivity index (χ4v) is 2.11. The highest BCUT2D eigenvalue weighted by Gasteiger charge is 2.14. The zero-order valence-corrected chi connectivity index (χ0v) is 11.0. The third-order valence-corrected chi connectivity index (χ3v) is 3.57. The van der Waals surface area contributed by atoms with Crippen LogP contribution in [0, 0.1) is 11.3 Å². The summed E-state index contributed by atoms with van der Waals surface area (Å²) in [4.78, 5) is 11.8. The molecular formula is C12H13ClN2OS. The smallest absolute Gasteiger partial charge is 0.237 e. The number of hydrogen-bond acceptors (Lipinski definition) is 3. The molecule has 17 heavy (non-hydrogen) atoms. The number of amides is 1. The van der Waals surface area contributed by atoms with Crippen LogP contribution < -0.4 is 5.32 Å². The Morgan fingerprint density at radius 2 is 2.29 bits per heavy atom. The molecule has 0 spiro atoms. The van der Waals surface area contributed by atoms with Crippen molar-refractivity contribution >= 4 is 35.0 Å². The van der Waals surface area contributed by atoms with Gasteiger partial charge in [0.25, 0.3) is 0 Å². The second-order valence-electron chi connectivity index (χ2n) is 3.39. The Labute approximate surface area is 110 Å². The van der Waals surface area contributed by atoms with Crippen LogP contribution in [-0.2, 0) is 4.79 Å². The summed E-state index contributed by atoms with van der Waals surface area (Å²) < 4.78 is 0. The number of carbonyl (C=O) groups excluding carboxylic acids is 1. The fourth-order valence-electron chi connectivity index (χ4n) is 1.15. The first kappa shape index (κ1) is 13.9. The van der Waals surface area contributed by atoms with Crippen LogP contribution in [0.3, 0.4) is 0 Å². The quantitative estimate of drug-likeness (QED) is 0.834. The van der Waals surface area contributed by atoms with E-state index in [9.17, 15) is 4.79 Å². The van der Waals surface area contributed by atoms with E-state index in [0.29, 0.717) is 22.9 Å². The molecule has 0 heterocycles. The topological polar surface area (TPSA) is 52.9 Å². The van der Waals surface area contributed by atoms with Gasteiger partial charge < -0.3 is 5.32 Å². The first-order valence-electron chi connectivity index (χ1n) is 5.19. The lowest BCUT2D eigenvalue weighted by molar-refractivity contribution is -0.115. The van der Waals surface area contributed by atoms with Crippen molar-refractivity contribution in [3.63, 3.8) is 0 Å². The number of halogens is 1. The number of thioether (sulfide) groups is 1.